The van der Waals surface area contributed by atoms with Gasteiger partial charge in [-0.2, -0.15) is 0 Å². The third-order valence-corrected chi connectivity index (χ3v) is 6.47. The second kappa shape index (κ2) is 7.13. The van der Waals surface area contributed by atoms with Crippen LogP contribution in [0, 0.1) is 18.8 Å². The van der Waals surface area contributed by atoms with Gasteiger partial charge in [-0.25, -0.2) is 0 Å². The fourth-order valence-corrected chi connectivity index (χ4v) is 4.93. The summed E-state index contributed by atoms with van der Waals surface area (Å²) in [5.41, 5.74) is 1.93. The summed E-state index contributed by atoms with van der Waals surface area (Å²) in [5, 5.41) is 27.1. The van der Waals surface area contributed by atoms with Gasteiger partial charge in [-0.3, -0.25) is 0 Å². The Morgan fingerprint density at radius 2 is 1.76 bits per heavy atom. The SMILES string of the molecule is Cc1nnc(-c2ccc(-c3ccc(N(C)C4C[C@H]5CC[C@@H](C4)C5)nn3)c(O)c2)o1. The van der Waals surface area contributed by atoms with E-state index in [9.17, 15) is 5.11 Å². The van der Waals surface area contributed by atoms with Gasteiger partial charge in [0.15, 0.2) is 5.82 Å². The Kier molecular flexibility index (Phi) is 4.45. The maximum atomic E-state index is 10.5. The van der Waals surface area contributed by atoms with Crippen LogP contribution in [0.15, 0.2) is 34.7 Å². The van der Waals surface area contributed by atoms with Gasteiger partial charge in [-0.05, 0) is 61.4 Å². The lowest BCUT2D eigenvalue weighted by atomic mass is 9.85. The zero-order chi connectivity index (χ0) is 20.0. The Balaban J connectivity index is 1.34. The van der Waals surface area contributed by atoms with Crippen molar-refractivity contribution in [3.63, 3.8) is 0 Å². The highest BCUT2D eigenvalue weighted by Gasteiger charge is 2.36. The molecule has 0 aliphatic heterocycles. The van der Waals surface area contributed by atoms with Crippen molar-refractivity contribution in [2.24, 2.45) is 11.8 Å². The third-order valence-electron chi connectivity index (χ3n) is 6.47. The van der Waals surface area contributed by atoms with E-state index >= 15 is 0 Å². The molecule has 0 radical (unpaired) electrons. The van der Waals surface area contributed by atoms with Gasteiger partial charge in [-0.1, -0.05) is 12.8 Å². The zero-order valence-corrected chi connectivity index (χ0v) is 16.7. The molecular weight excluding hydrogens is 366 g/mol. The van der Waals surface area contributed by atoms with Crippen molar-refractivity contribution in [2.75, 3.05) is 11.9 Å². The number of phenols is 1. The summed E-state index contributed by atoms with van der Waals surface area (Å²) in [6.45, 7) is 1.73. The second-order valence-corrected chi connectivity index (χ2v) is 8.42. The van der Waals surface area contributed by atoms with Gasteiger partial charge < -0.3 is 14.4 Å². The molecule has 3 aromatic rings. The number of aromatic hydroxyl groups is 1. The molecule has 0 amide bonds. The number of fused-ring (bicyclic) bond motifs is 2. The molecule has 29 heavy (non-hydrogen) atoms. The Hall–Kier alpha value is -2.96. The highest BCUT2D eigenvalue weighted by Crippen LogP contribution is 2.43. The molecule has 2 aliphatic rings. The number of phenolic OH excluding ortho intramolecular Hbond substituents is 1. The van der Waals surface area contributed by atoms with Gasteiger partial charge >= 0.3 is 0 Å². The lowest BCUT2D eigenvalue weighted by Crippen LogP contribution is -2.37. The van der Waals surface area contributed by atoms with Gasteiger partial charge in [0.25, 0.3) is 0 Å². The maximum Gasteiger partial charge on any atom is 0.247 e. The molecule has 1 unspecified atom stereocenters. The number of nitrogens with zero attached hydrogens (tertiary/aromatic N) is 5. The summed E-state index contributed by atoms with van der Waals surface area (Å²) >= 11 is 0. The highest BCUT2D eigenvalue weighted by atomic mass is 16.4. The van der Waals surface area contributed by atoms with Crippen molar-refractivity contribution >= 4 is 5.82 Å². The average Bonchev–Trinajstić information content (AvgIpc) is 3.32. The molecule has 1 aromatic carbocycles. The first-order chi connectivity index (χ1) is 14.1. The number of aryl methyl sites for hydroxylation is 1. The first-order valence-electron chi connectivity index (χ1n) is 10.3. The molecule has 2 aromatic heterocycles. The smallest absolute Gasteiger partial charge is 0.247 e. The average molecular weight is 391 g/mol. The topological polar surface area (TPSA) is 88.2 Å². The first kappa shape index (κ1) is 18.1. The van der Waals surface area contributed by atoms with E-state index in [1.54, 1.807) is 19.1 Å². The molecule has 2 saturated carbocycles. The quantitative estimate of drug-likeness (QED) is 0.712. The lowest BCUT2D eigenvalue weighted by Gasteiger charge is -2.35. The van der Waals surface area contributed by atoms with Crippen LogP contribution in [-0.2, 0) is 0 Å². The molecule has 0 spiro atoms. The third kappa shape index (κ3) is 3.45. The van der Waals surface area contributed by atoms with E-state index in [-0.39, 0.29) is 5.75 Å². The Labute approximate surface area is 169 Å². The van der Waals surface area contributed by atoms with E-state index in [4.69, 9.17) is 4.42 Å². The molecule has 2 heterocycles. The first-order valence-corrected chi connectivity index (χ1v) is 10.3. The molecule has 0 saturated heterocycles. The molecule has 7 heteroatoms. The summed E-state index contributed by atoms with van der Waals surface area (Å²) in [5.74, 6) is 3.63. The van der Waals surface area contributed by atoms with Gasteiger partial charge in [0, 0.05) is 31.1 Å². The summed E-state index contributed by atoms with van der Waals surface area (Å²) in [6.07, 6.45) is 6.70. The lowest BCUT2D eigenvalue weighted by molar-refractivity contribution is 0.312. The van der Waals surface area contributed by atoms with Crippen LogP contribution in [0.4, 0.5) is 5.82 Å². The summed E-state index contributed by atoms with van der Waals surface area (Å²) < 4.78 is 5.42. The molecule has 5 rings (SSSR count). The fraction of sp³-hybridized carbons (Fsp3) is 0.455. The van der Waals surface area contributed by atoms with Gasteiger partial charge in [-0.15, -0.1) is 20.4 Å². The van der Waals surface area contributed by atoms with E-state index in [0.717, 1.165) is 17.7 Å². The standard InChI is InChI=1S/C22H25N5O2/c1-13-23-26-22(29-13)16-5-6-18(20(28)12-16)19-7-8-21(25-24-19)27(2)17-10-14-3-4-15(9-14)11-17/h5-8,12,14-15,17,28H,3-4,9-11H2,1-2H3/t14-,15+,17?. The fourth-order valence-electron chi connectivity index (χ4n) is 4.93. The number of aromatic nitrogens is 4. The van der Waals surface area contributed by atoms with E-state index < -0.39 is 0 Å². The summed E-state index contributed by atoms with van der Waals surface area (Å²) in [4.78, 5) is 2.28. The summed E-state index contributed by atoms with van der Waals surface area (Å²) in [6, 6.07) is 9.71. The van der Waals surface area contributed by atoms with Crippen LogP contribution in [0.1, 0.15) is 38.0 Å². The van der Waals surface area contributed by atoms with Crippen LogP contribution < -0.4 is 4.90 Å². The molecular formula is C22H25N5O2. The second-order valence-electron chi connectivity index (χ2n) is 8.42. The normalized spacial score (nSPS) is 23.3. The Morgan fingerprint density at radius 3 is 2.38 bits per heavy atom. The largest absolute Gasteiger partial charge is 0.507 e. The number of hydrogen-bond acceptors (Lipinski definition) is 7. The maximum absolute atomic E-state index is 10.5. The van der Waals surface area contributed by atoms with Crippen LogP contribution in [0.2, 0.25) is 0 Å². The van der Waals surface area contributed by atoms with Crippen LogP contribution in [0.5, 0.6) is 5.75 Å². The predicted octanol–water partition coefficient (Wildman–Crippen LogP) is 4.22. The minimum Gasteiger partial charge on any atom is -0.507 e. The van der Waals surface area contributed by atoms with E-state index in [2.05, 4.69) is 32.3 Å². The van der Waals surface area contributed by atoms with Crippen molar-refractivity contribution in [2.45, 2.75) is 45.1 Å². The van der Waals surface area contributed by atoms with Gasteiger partial charge in [0.05, 0.1) is 5.69 Å². The van der Waals surface area contributed by atoms with Gasteiger partial charge in [0.2, 0.25) is 11.8 Å². The zero-order valence-electron chi connectivity index (χ0n) is 16.7. The molecule has 7 nitrogen and oxygen atoms in total. The molecule has 2 fully saturated rings. The van der Waals surface area contributed by atoms with Crippen molar-refractivity contribution in [3.05, 3.63) is 36.2 Å². The molecule has 1 N–H and O–H groups in total. The Bertz CT molecular complexity index is 1000. The monoisotopic (exact) mass is 391 g/mol. The molecule has 150 valence electrons. The minimum atomic E-state index is 0.109. The molecule has 2 aliphatic carbocycles. The predicted molar refractivity (Wildman–Crippen MR) is 109 cm³/mol. The van der Waals surface area contributed by atoms with E-state index in [0.29, 0.717) is 34.6 Å². The Morgan fingerprint density at radius 1 is 0.966 bits per heavy atom. The van der Waals surface area contributed by atoms with Crippen LogP contribution in [0.3, 0.4) is 0 Å². The minimum absolute atomic E-state index is 0.109. The number of hydrogen-bond donors (Lipinski definition) is 1. The van der Waals surface area contributed by atoms with E-state index in [1.807, 2.05) is 18.2 Å². The van der Waals surface area contributed by atoms with Crippen LogP contribution >= 0.6 is 0 Å². The van der Waals surface area contributed by atoms with Crippen molar-refractivity contribution in [1.29, 1.82) is 0 Å². The summed E-state index contributed by atoms with van der Waals surface area (Å²) in [7, 11) is 2.12. The number of rotatable bonds is 4. The van der Waals surface area contributed by atoms with Crippen molar-refractivity contribution in [1.82, 2.24) is 20.4 Å². The number of benzene rings is 1. The van der Waals surface area contributed by atoms with Crippen molar-refractivity contribution in [3.8, 4) is 28.5 Å². The van der Waals surface area contributed by atoms with Crippen LogP contribution in [0.25, 0.3) is 22.7 Å². The van der Waals surface area contributed by atoms with Gasteiger partial charge in [0.1, 0.15) is 5.75 Å². The molecule has 3 atom stereocenters. The van der Waals surface area contributed by atoms with E-state index in [1.165, 1.54) is 32.1 Å². The highest BCUT2D eigenvalue weighted by molar-refractivity contribution is 5.71. The molecule has 2 bridgehead atoms. The number of anilines is 1. The van der Waals surface area contributed by atoms with Crippen molar-refractivity contribution < 1.29 is 9.52 Å². The van der Waals surface area contributed by atoms with Crippen LogP contribution in [-0.4, -0.2) is 38.6 Å².